The van der Waals surface area contributed by atoms with Gasteiger partial charge in [-0.05, 0) is 31.2 Å². The summed E-state index contributed by atoms with van der Waals surface area (Å²) < 4.78 is 1.67. The van der Waals surface area contributed by atoms with Gasteiger partial charge in [0.15, 0.2) is 5.82 Å². The predicted octanol–water partition coefficient (Wildman–Crippen LogP) is 3.90. The van der Waals surface area contributed by atoms with E-state index in [1.165, 1.54) is 0 Å². The maximum absolute atomic E-state index is 6.03. The van der Waals surface area contributed by atoms with Crippen LogP contribution in [0.1, 0.15) is 18.4 Å². The molecule has 3 aromatic heterocycles. The van der Waals surface area contributed by atoms with Crippen LogP contribution < -0.4 is 5.32 Å². The molecule has 4 rings (SSSR count). The summed E-state index contributed by atoms with van der Waals surface area (Å²) >= 11 is 12.1. The zero-order chi connectivity index (χ0) is 19.0. The highest BCUT2D eigenvalue weighted by Crippen LogP contribution is 2.25. The van der Waals surface area contributed by atoms with Crippen molar-refractivity contribution in [3.8, 4) is 11.4 Å². The highest BCUT2D eigenvalue weighted by molar-refractivity contribution is 6.35. The van der Waals surface area contributed by atoms with Gasteiger partial charge in [0.1, 0.15) is 5.69 Å². The van der Waals surface area contributed by atoms with Gasteiger partial charge >= 0.3 is 0 Å². The normalized spacial score (nSPS) is 11.1. The molecule has 27 heavy (non-hydrogen) atoms. The van der Waals surface area contributed by atoms with Crippen molar-refractivity contribution in [1.29, 1.82) is 0 Å². The molecule has 0 bridgehead atoms. The van der Waals surface area contributed by atoms with Crippen molar-refractivity contribution >= 4 is 40.6 Å². The summed E-state index contributed by atoms with van der Waals surface area (Å²) in [6.45, 7) is 3.89. The second-order valence-electron chi connectivity index (χ2n) is 5.78. The summed E-state index contributed by atoms with van der Waals surface area (Å²) in [6.07, 6.45) is 2.36. The first-order chi connectivity index (χ1) is 13.0. The van der Waals surface area contributed by atoms with Gasteiger partial charge in [-0.3, -0.25) is 0 Å². The summed E-state index contributed by atoms with van der Waals surface area (Å²) in [7, 11) is 0. The van der Waals surface area contributed by atoms with E-state index in [0.29, 0.717) is 44.7 Å². The van der Waals surface area contributed by atoms with E-state index in [-0.39, 0.29) is 0 Å². The van der Waals surface area contributed by atoms with Gasteiger partial charge in [0.25, 0.3) is 5.78 Å². The van der Waals surface area contributed by atoms with Gasteiger partial charge in [-0.1, -0.05) is 30.1 Å². The molecular formula is C17H14Cl2N8. The van der Waals surface area contributed by atoms with E-state index in [1.54, 1.807) is 35.0 Å². The first kappa shape index (κ1) is 17.6. The molecule has 0 amide bonds. The number of nitrogens with one attached hydrogen (secondary N) is 1. The summed E-state index contributed by atoms with van der Waals surface area (Å²) in [5.41, 5.74) is 2.69. The molecule has 0 aliphatic heterocycles. The van der Waals surface area contributed by atoms with Gasteiger partial charge in [0.05, 0.1) is 11.4 Å². The van der Waals surface area contributed by atoms with Crippen molar-refractivity contribution in [2.24, 2.45) is 0 Å². The van der Waals surface area contributed by atoms with E-state index in [9.17, 15) is 0 Å². The van der Waals surface area contributed by atoms with Crippen LogP contribution in [0.15, 0.2) is 30.5 Å². The topological polar surface area (TPSA) is 93.8 Å². The molecule has 0 aliphatic carbocycles. The molecule has 136 valence electrons. The molecule has 0 atom stereocenters. The summed E-state index contributed by atoms with van der Waals surface area (Å²) in [5.74, 6) is 1.57. The fourth-order valence-corrected chi connectivity index (χ4v) is 3.12. The van der Waals surface area contributed by atoms with Crippen LogP contribution in [0.3, 0.4) is 0 Å². The third-order valence-electron chi connectivity index (χ3n) is 3.87. The van der Waals surface area contributed by atoms with Crippen LogP contribution in [0.2, 0.25) is 10.0 Å². The Morgan fingerprint density at radius 1 is 1.07 bits per heavy atom. The Hall–Kier alpha value is -2.84. The quantitative estimate of drug-likeness (QED) is 0.554. The lowest BCUT2D eigenvalue weighted by atomic mass is 10.2. The van der Waals surface area contributed by atoms with E-state index >= 15 is 0 Å². The number of aromatic nitrogens is 7. The molecule has 8 nitrogen and oxygen atoms in total. The molecular weight excluding hydrogens is 387 g/mol. The predicted molar refractivity (Wildman–Crippen MR) is 103 cm³/mol. The Labute approximate surface area is 164 Å². The minimum absolute atomic E-state index is 0.389. The molecule has 1 aromatic carbocycles. The van der Waals surface area contributed by atoms with Crippen LogP contribution in [-0.2, 0) is 6.42 Å². The fraction of sp³-hybridized carbons (Fsp3) is 0.176. The molecule has 0 spiro atoms. The number of hydrogen-bond donors (Lipinski definition) is 1. The van der Waals surface area contributed by atoms with Crippen LogP contribution in [0.25, 0.3) is 17.2 Å². The van der Waals surface area contributed by atoms with E-state index in [1.807, 2.05) is 13.8 Å². The SMILES string of the molecule is CCc1nc2nnc(-c3ccnc(Nc4cc(Cl)cc(Cl)c4)n3)c(C)n2n1. The van der Waals surface area contributed by atoms with E-state index in [2.05, 4.69) is 35.6 Å². The number of rotatable bonds is 4. The van der Waals surface area contributed by atoms with E-state index in [0.717, 1.165) is 12.1 Å². The number of halogens is 2. The maximum Gasteiger partial charge on any atom is 0.272 e. The largest absolute Gasteiger partial charge is 0.324 e. The van der Waals surface area contributed by atoms with Crippen molar-refractivity contribution in [3.63, 3.8) is 0 Å². The Morgan fingerprint density at radius 3 is 2.59 bits per heavy atom. The summed E-state index contributed by atoms with van der Waals surface area (Å²) in [5, 5.41) is 17.0. The molecule has 10 heteroatoms. The Bertz CT molecular complexity index is 1120. The van der Waals surface area contributed by atoms with Crippen LogP contribution >= 0.6 is 23.2 Å². The lowest BCUT2D eigenvalue weighted by molar-refractivity contribution is 0.827. The minimum Gasteiger partial charge on any atom is -0.324 e. The fourth-order valence-electron chi connectivity index (χ4n) is 2.59. The number of benzene rings is 1. The molecule has 1 N–H and O–H groups in total. The zero-order valence-electron chi connectivity index (χ0n) is 14.5. The third-order valence-corrected chi connectivity index (χ3v) is 4.30. The van der Waals surface area contributed by atoms with Crippen LogP contribution in [0.4, 0.5) is 11.6 Å². The van der Waals surface area contributed by atoms with Gasteiger partial charge in [0, 0.05) is 28.4 Å². The van der Waals surface area contributed by atoms with Crippen LogP contribution in [0, 0.1) is 6.92 Å². The van der Waals surface area contributed by atoms with Gasteiger partial charge in [-0.15, -0.1) is 15.3 Å². The lowest BCUT2D eigenvalue weighted by Gasteiger charge is -2.08. The first-order valence-corrected chi connectivity index (χ1v) is 8.94. The molecule has 0 fully saturated rings. The standard InChI is InChI=1S/C17H14Cl2N8/c1-3-14-23-17-25-24-15(9(2)27(17)26-14)13-4-5-20-16(22-13)21-12-7-10(18)6-11(19)8-12/h4-8H,3H2,1-2H3,(H,20,21,22). The third kappa shape index (κ3) is 3.54. The zero-order valence-corrected chi connectivity index (χ0v) is 16.0. The van der Waals surface area contributed by atoms with Crippen molar-refractivity contribution in [2.45, 2.75) is 20.3 Å². The van der Waals surface area contributed by atoms with Crippen molar-refractivity contribution < 1.29 is 0 Å². The minimum atomic E-state index is 0.389. The van der Waals surface area contributed by atoms with Gasteiger partial charge < -0.3 is 5.32 Å². The van der Waals surface area contributed by atoms with E-state index < -0.39 is 0 Å². The smallest absolute Gasteiger partial charge is 0.272 e. The monoisotopic (exact) mass is 400 g/mol. The summed E-state index contributed by atoms with van der Waals surface area (Å²) in [4.78, 5) is 13.1. The number of anilines is 2. The van der Waals surface area contributed by atoms with Crippen molar-refractivity contribution in [1.82, 2.24) is 34.8 Å². The highest BCUT2D eigenvalue weighted by Gasteiger charge is 2.14. The van der Waals surface area contributed by atoms with Gasteiger partial charge in [-0.25, -0.2) is 9.97 Å². The first-order valence-electron chi connectivity index (χ1n) is 8.19. The summed E-state index contributed by atoms with van der Waals surface area (Å²) in [6, 6.07) is 6.89. The average molecular weight is 401 g/mol. The highest BCUT2D eigenvalue weighted by atomic mass is 35.5. The Balaban J connectivity index is 1.72. The maximum atomic E-state index is 6.03. The number of aryl methyl sites for hydroxylation is 2. The second kappa shape index (κ2) is 7.05. The number of nitrogens with zero attached hydrogens (tertiary/aromatic N) is 7. The molecule has 0 saturated carbocycles. The van der Waals surface area contributed by atoms with Crippen LogP contribution in [-0.4, -0.2) is 34.8 Å². The molecule has 0 saturated heterocycles. The molecule has 0 aliphatic rings. The Kier molecular flexibility index (Phi) is 4.59. The van der Waals surface area contributed by atoms with Gasteiger partial charge in [0.2, 0.25) is 5.95 Å². The Morgan fingerprint density at radius 2 is 1.85 bits per heavy atom. The molecule has 4 aromatic rings. The lowest BCUT2D eigenvalue weighted by Crippen LogP contribution is -2.05. The molecule has 0 radical (unpaired) electrons. The van der Waals surface area contributed by atoms with Crippen molar-refractivity contribution in [2.75, 3.05) is 5.32 Å². The van der Waals surface area contributed by atoms with Gasteiger partial charge in [-0.2, -0.15) is 9.50 Å². The number of hydrogen-bond acceptors (Lipinski definition) is 7. The van der Waals surface area contributed by atoms with E-state index in [4.69, 9.17) is 23.2 Å². The second-order valence-corrected chi connectivity index (χ2v) is 6.65. The molecule has 0 unspecified atom stereocenters. The number of fused-ring (bicyclic) bond motifs is 1. The molecule has 3 heterocycles. The van der Waals surface area contributed by atoms with Crippen LogP contribution in [0.5, 0.6) is 0 Å². The van der Waals surface area contributed by atoms with Crippen molar-refractivity contribution in [3.05, 3.63) is 52.0 Å². The average Bonchev–Trinajstić information content (AvgIpc) is 3.06.